The Hall–Kier alpha value is -0.570. The standard InChI is InChI=1S/C11H20N2.C3H5Cl/c1-4-5-11(2)10-13-8-6-12(3)7-9-13;1-2-3-4/h4-5H,2,6-10H2,1,3H3;2-3H,1H3/b5-4-;3-2+. The van der Waals surface area contributed by atoms with Crippen molar-refractivity contribution in [3.05, 3.63) is 35.9 Å². The highest BCUT2D eigenvalue weighted by Crippen LogP contribution is 2.03. The first-order valence-electron chi connectivity index (χ1n) is 6.06. The van der Waals surface area contributed by atoms with Crippen LogP contribution in [-0.4, -0.2) is 49.6 Å². The van der Waals surface area contributed by atoms with Gasteiger partial charge in [-0.15, -0.1) is 0 Å². The van der Waals surface area contributed by atoms with Crippen molar-refractivity contribution < 1.29 is 0 Å². The lowest BCUT2D eigenvalue weighted by Crippen LogP contribution is -2.44. The van der Waals surface area contributed by atoms with E-state index < -0.39 is 0 Å². The van der Waals surface area contributed by atoms with Gasteiger partial charge in [0.05, 0.1) is 0 Å². The number of likely N-dealkylation sites (N-methyl/N-ethyl adjacent to an activating group) is 1. The molecule has 1 aliphatic heterocycles. The molecule has 0 spiro atoms. The zero-order valence-corrected chi connectivity index (χ0v) is 12.1. The molecule has 0 amide bonds. The van der Waals surface area contributed by atoms with Gasteiger partial charge in [-0.2, -0.15) is 0 Å². The van der Waals surface area contributed by atoms with Crippen molar-refractivity contribution in [3.63, 3.8) is 0 Å². The maximum absolute atomic E-state index is 5.01. The molecule has 0 saturated carbocycles. The molecule has 2 nitrogen and oxygen atoms in total. The average molecular weight is 257 g/mol. The van der Waals surface area contributed by atoms with Crippen LogP contribution in [0.5, 0.6) is 0 Å². The minimum absolute atomic E-state index is 1.03. The summed E-state index contributed by atoms with van der Waals surface area (Å²) in [6.45, 7) is 13.7. The van der Waals surface area contributed by atoms with Crippen molar-refractivity contribution in [2.24, 2.45) is 0 Å². The van der Waals surface area contributed by atoms with Gasteiger partial charge in [-0.1, -0.05) is 36.4 Å². The number of halogens is 1. The van der Waals surface area contributed by atoms with Crippen molar-refractivity contribution in [3.8, 4) is 0 Å². The van der Waals surface area contributed by atoms with Gasteiger partial charge in [-0.25, -0.2) is 0 Å². The van der Waals surface area contributed by atoms with Crippen LogP contribution in [0.3, 0.4) is 0 Å². The molecule has 0 aromatic carbocycles. The topological polar surface area (TPSA) is 6.48 Å². The van der Waals surface area contributed by atoms with Gasteiger partial charge < -0.3 is 4.90 Å². The molecular weight excluding hydrogens is 232 g/mol. The van der Waals surface area contributed by atoms with Crippen LogP contribution >= 0.6 is 11.6 Å². The van der Waals surface area contributed by atoms with Gasteiger partial charge in [0.2, 0.25) is 0 Å². The largest absolute Gasteiger partial charge is 0.304 e. The Kier molecular flexibility index (Phi) is 10.2. The highest BCUT2D eigenvalue weighted by molar-refractivity contribution is 6.25. The van der Waals surface area contributed by atoms with Crippen LogP contribution in [0.15, 0.2) is 35.9 Å². The van der Waals surface area contributed by atoms with Gasteiger partial charge in [0, 0.05) is 32.7 Å². The first-order valence-corrected chi connectivity index (χ1v) is 6.50. The maximum Gasteiger partial charge on any atom is 0.0228 e. The van der Waals surface area contributed by atoms with Gasteiger partial charge in [0.25, 0.3) is 0 Å². The molecule has 17 heavy (non-hydrogen) atoms. The molecule has 0 aromatic rings. The predicted octanol–water partition coefficient (Wildman–Crippen LogP) is 3.12. The van der Waals surface area contributed by atoms with E-state index in [1.165, 1.54) is 37.3 Å². The number of nitrogens with zero attached hydrogens (tertiary/aromatic N) is 2. The third-order valence-electron chi connectivity index (χ3n) is 2.55. The minimum atomic E-state index is 1.03. The van der Waals surface area contributed by atoms with Crippen LogP contribution in [0, 0.1) is 0 Å². The molecule has 98 valence electrons. The fourth-order valence-corrected chi connectivity index (χ4v) is 1.58. The SMILES string of the molecule is C/C=C/Cl.C=C(/C=C\C)CN1CCN(C)CC1. The molecule has 0 aromatic heterocycles. The second-order valence-corrected chi connectivity index (χ2v) is 4.45. The van der Waals surface area contributed by atoms with Crippen LogP contribution in [0.25, 0.3) is 0 Å². The Morgan fingerprint density at radius 3 is 2.12 bits per heavy atom. The Labute approximate surface area is 111 Å². The summed E-state index contributed by atoms with van der Waals surface area (Å²) in [7, 11) is 2.18. The van der Waals surface area contributed by atoms with Gasteiger partial charge in [0.15, 0.2) is 0 Å². The highest BCUT2D eigenvalue weighted by atomic mass is 35.5. The van der Waals surface area contributed by atoms with Crippen molar-refractivity contribution in [1.82, 2.24) is 9.80 Å². The molecule has 0 aliphatic carbocycles. The van der Waals surface area contributed by atoms with Crippen LogP contribution in [0.1, 0.15) is 13.8 Å². The second-order valence-electron chi connectivity index (χ2n) is 4.20. The first-order chi connectivity index (χ1) is 8.13. The fraction of sp³-hybridized carbons (Fsp3) is 0.571. The molecule has 0 N–H and O–H groups in total. The van der Waals surface area contributed by atoms with Crippen molar-refractivity contribution in [2.75, 3.05) is 39.8 Å². The Bertz CT molecular complexity index is 247. The van der Waals surface area contributed by atoms with E-state index in [-0.39, 0.29) is 0 Å². The number of hydrogen-bond acceptors (Lipinski definition) is 2. The summed E-state index contributed by atoms with van der Waals surface area (Å²) in [5.41, 5.74) is 2.69. The lowest BCUT2D eigenvalue weighted by atomic mass is 10.2. The molecule has 1 fully saturated rings. The van der Waals surface area contributed by atoms with Gasteiger partial charge in [-0.05, 0) is 32.0 Å². The Balaban J connectivity index is 0.000000557. The predicted molar refractivity (Wildman–Crippen MR) is 78.6 cm³/mol. The summed E-state index contributed by atoms with van der Waals surface area (Å²) in [5.74, 6) is 0. The molecule has 3 heteroatoms. The number of hydrogen-bond donors (Lipinski definition) is 0. The molecule has 1 heterocycles. The summed E-state index contributed by atoms with van der Waals surface area (Å²) >= 11 is 5.01. The van der Waals surface area contributed by atoms with Crippen molar-refractivity contribution >= 4 is 11.6 Å². The number of piperazine rings is 1. The van der Waals surface area contributed by atoms with E-state index in [2.05, 4.69) is 35.6 Å². The van der Waals surface area contributed by atoms with Crippen LogP contribution in [0.2, 0.25) is 0 Å². The van der Waals surface area contributed by atoms with Crippen molar-refractivity contribution in [2.45, 2.75) is 13.8 Å². The van der Waals surface area contributed by atoms with E-state index in [9.17, 15) is 0 Å². The van der Waals surface area contributed by atoms with Crippen LogP contribution in [-0.2, 0) is 0 Å². The third kappa shape index (κ3) is 9.16. The minimum Gasteiger partial charge on any atom is -0.304 e. The summed E-state index contributed by atoms with van der Waals surface area (Å²) in [5, 5.41) is 0. The van der Waals surface area contributed by atoms with E-state index >= 15 is 0 Å². The lowest BCUT2D eigenvalue weighted by molar-refractivity contribution is 0.165. The molecule has 0 radical (unpaired) electrons. The van der Waals surface area contributed by atoms with E-state index in [0.29, 0.717) is 0 Å². The Morgan fingerprint density at radius 1 is 1.18 bits per heavy atom. The summed E-state index contributed by atoms with van der Waals surface area (Å²) in [6.07, 6.45) is 5.91. The quantitative estimate of drug-likeness (QED) is 0.716. The molecule has 1 rings (SSSR count). The van der Waals surface area contributed by atoms with E-state index in [1.54, 1.807) is 6.08 Å². The van der Waals surface area contributed by atoms with Gasteiger partial charge in [-0.3, -0.25) is 4.90 Å². The molecular formula is C14H25ClN2. The fourth-order valence-electron chi connectivity index (χ4n) is 1.58. The first kappa shape index (κ1) is 16.4. The van der Waals surface area contributed by atoms with Crippen LogP contribution < -0.4 is 0 Å². The normalized spacial score (nSPS) is 18.4. The zero-order valence-electron chi connectivity index (χ0n) is 11.3. The molecule has 0 bridgehead atoms. The van der Waals surface area contributed by atoms with E-state index in [0.717, 1.165) is 6.54 Å². The van der Waals surface area contributed by atoms with Crippen LogP contribution in [0.4, 0.5) is 0 Å². The number of rotatable bonds is 3. The Morgan fingerprint density at radius 2 is 1.71 bits per heavy atom. The summed E-state index contributed by atoms with van der Waals surface area (Å²) in [4.78, 5) is 4.83. The third-order valence-corrected chi connectivity index (χ3v) is 2.80. The summed E-state index contributed by atoms with van der Waals surface area (Å²) < 4.78 is 0. The lowest BCUT2D eigenvalue weighted by Gasteiger charge is -2.32. The highest BCUT2D eigenvalue weighted by Gasteiger charge is 2.12. The van der Waals surface area contributed by atoms with Crippen molar-refractivity contribution in [1.29, 1.82) is 0 Å². The maximum atomic E-state index is 5.01. The monoisotopic (exact) mass is 256 g/mol. The van der Waals surface area contributed by atoms with E-state index in [1.807, 2.05) is 13.8 Å². The second kappa shape index (κ2) is 10.6. The molecule has 0 unspecified atom stereocenters. The summed E-state index contributed by atoms with van der Waals surface area (Å²) in [6, 6.07) is 0. The smallest absolute Gasteiger partial charge is 0.0228 e. The van der Waals surface area contributed by atoms with E-state index in [4.69, 9.17) is 11.6 Å². The van der Waals surface area contributed by atoms with Gasteiger partial charge in [0.1, 0.15) is 0 Å². The molecule has 1 saturated heterocycles. The van der Waals surface area contributed by atoms with Gasteiger partial charge >= 0.3 is 0 Å². The average Bonchev–Trinajstić information content (AvgIpc) is 2.33. The molecule has 0 atom stereocenters. The number of allylic oxidation sites excluding steroid dienone is 2. The zero-order chi connectivity index (χ0) is 13.1. The molecule has 1 aliphatic rings.